The summed E-state index contributed by atoms with van der Waals surface area (Å²) >= 11 is 0. The molecule has 1 aliphatic rings. The van der Waals surface area contributed by atoms with Gasteiger partial charge in [0, 0.05) is 6.54 Å². The fraction of sp³-hybridized carbons (Fsp3) is 0.647. The summed E-state index contributed by atoms with van der Waals surface area (Å²) in [5.41, 5.74) is 1.15. The molecule has 1 aromatic carbocycles. The van der Waals surface area contributed by atoms with Crippen LogP contribution < -0.4 is 10.1 Å². The maximum Gasteiger partial charge on any atom is 0.161 e. The molecule has 0 radical (unpaired) electrons. The zero-order valence-corrected chi connectivity index (χ0v) is 13.1. The van der Waals surface area contributed by atoms with E-state index in [1.54, 1.807) is 6.07 Å². The lowest BCUT2D eigenvalue weighted by Gasteiger charge is -2.26. The molecule has 1 aliphatic heterocycles. The highest BCUT2D eigenvalue weighted by molar-refractivity contribution is 5.41. The monoisotopic (exact) mass is 292 g/mol. The van der Waals surface area contributed by atoms with Gasteiger partial charge in [-0.1, -0.05) is 12.5 Å². The summed E-state index contributed by atoms with van der Waals surface area (Å²) in [7, 11) is 0. The van der Waals surface area contributed by atoms with Gasteiger partial charge in [-0.05, 0) is 70.1 Å². The third-order valence-corrected chi connectivity index (χ3v) is 3.93. The molecule has 1 fully saturated rings. The summed E-state index contributed by atoms with van der Waals surface area (Å²) in [4.78, 5) is 2.57. The Morgan fingerprint density at radius 3 is 2.81 bits per heavy atom. The highest BCUT2D eigenvalue weighted by Gasteiger charge is 2.08. The van der Waals surface area contributed by atoms with E-state index in [1.807, 2.05) is 19.1 Å². The molecular weight excluding hydrogens is 264 g/mol. The van der Waals surface area contributed by atoms with Crippen molar-refractivity contribution in [1.82, 2.24) is 10.2 Å². The average molecular weight is 292 g/mol. The first-order valence-electron chi connectivity index (χ1n) is 8.17. The van der Waals surface area contributed by atoms with Gasteiger partial charge in [-0.15, -0.1) is 0 Å². The summed E-state index contributed by atoms with van der Waals surface area (Å²) in [6.45, 7) is 8.09. The molecule has 4 nitrogen and oxygen atoms in total. The normalized spacial score (nSPS) is 16.0. The maximum atomic E-state index is 9.67. The van der Waals surface area contributed by atoms with Gasteiger partial charge in [0.05, 0.1) is 6.61 Å². The topological polar surface area (TPSA) is 44.7 Å². The highest BCUT2D eigenvalue weighted by atomic mass is 16.5. The minimum atomic E-state index is 0.214. The van der Waals surface area contributed by atoms with Crippen LogP contribution in [0.3, 0.4) is 0 Å². The minimum absolute atomic E-state index is 0.214. The zero-order chi connectivity index (χ0) is 14.9. The van der Waals surface area contributed by atoms with Gasteiger partial charge in [-0.25, -0.2) is 0 Å². The molecule has 0 unspecified atom stereocenters. The van der Waals surface area contributed by atoms with Gasteiger partial charge in [0.1, 0.15) is 0 Å². The number of nitrogens with one attached hydrogen (secondary N) is 1. The van der Waals surface area contributed by atoms with Gasteiger partial charge in [0.2, 0.25) is 0 Å². The molecule has 1 heterocycles. The van der Waals surface area contributed by atoms with Crippen LogP contribution >= 0.6 is 0 Å². The molecule has 0 spiro atoms. The molecule has 0 aromatic heterocycles. The van der Waals surface area contributed by atoms with Crippen molar-refractivity contribution in [1.29, 1.82) is 0 Å². The molecule has 2 rings (SSSR count). The molecule has 118 valence electrons. The lowest BCUT2D eigenvalue weighted by atomic mass is 10.1. The Labute approximate surface area is 128 Å². The smallest absolute Gasteiger partial charge is 0.161 e. The minimum Gasteiger partial charge on any atom is -0.504 e. The Balaban J connectivity index is 1.65. The standard InChI is InChI=1S/C17H28N2O2/c1-2-21-17-13-15(7-8-16(17)20)14-18-9-6-12-19-10-4-3-5-11-19/h7-8,13,18,20H,2-6,9-12,14H2,1H3. The van der Waals surface area contributed by atoms with Gasteiger partial charge in [-0.2, -0.15) is 0 Å². The maximum absolute atomic E-state index is 9.67. The van der Waals surface area contributed by atoms with E-state index in [0.29, 0.717) is 12.4 Å². The van der Waals surface area contributed by atoms with Crippen molar-refractivity contribution in [2.75, 3.05) is 32.8 Å². The van der Waals surface area contributed by atoms with E-state index in [0.717, 1.165) is 18.7 Å². The lowest BCUT2D eigenvalue weighted by molar-refractivity contribution is 0.225. The van der Waals surface area contributed by atoms with E-state index in [2.05, 4.69) is 10.2 Å². The van der Waals surface area contributed by atoms with E-state index >= 15 is 0 Å². The van der Waals surface area contributed by atoms with Gasteiger partial charge < -0.3 is 20.1 Å². The zero-order valence-electron chi connectivity index (χ0n) is 13.1. The van der Waals surface area contributed by atoms with Gasteiger partial charge >= 0.3 is 0 Å². The largest absolute Gasteiger partial charge is 0.504 e. The number of piperidine rings is 1. The van der Waals surface area contributed by atoms with Crippen molar-refractivity contribution in [3.63, 3.8) is 0 Å². The number of likely N-dealkylation sites (tertiary alicyclic amines) is 1. The number of hydrogen-bond donors (Lipinski definition) is 2. The van der Waals surface area contributed by atoms with Crippen LogP contribution in [0.15, 0.2) is 18.2 Å². The molecule has 0 saturated carbocycles. The number of benzene rings is 1. The van der Waals surface area contributed by atoms with Crippen molar-refractivity contribution in [2.24, 2.45) is 0 Å². The number of aromatic hydroxyl groups is 1. The number of phenolic OH excluding ortho intramolecular Hbond substituents is 1. The first-order chi connectivity index (χ1) is 10.3. The number of nitrogens with zero attached hydrogens (tertiary/aromatic N) is 1. The second kappa shape index (κ2) is 8.90. The summed E-state index contributed by atoms with van der Waals surface area (Å²) in [6, 6.07) is 5.56. The first kappa shape index (κ1) is 16.1. The Kier molecular flexibility index (Phi) is 6.83. The second-order valence-electron chi connectivity index (χ2n) is 5.67. The quantitative estimate of drug-likeness (QED) is 0.723. The van der Waals surface area contributed by atoms with Crippen LogP contribution in [0.4, 0.5) is 0 Å². The van der Waals surface area contributed by atoms with E-state index in [9.17, 15) is 5.11 Å². The molecule has 1 saturated heterocycles. The Bertz CT molecular complexity index is 417. The second-order valence-corrected chi connectivity index (χ2v) is 5.67. The van der Waals surface area contributed by atoms with E-state index < -0.39 is 0 Å². The van der Waals surface area contributed by atoms with Crippen LogP contribution in [0.1, 0.15) is 38.2 Å². The van der Waals surface area contributed by atoms with Gasteiger partial charge in [0.25, 0.3) is 0 Å². The summed E-state index contributed by atoms with van der Waals surface area (Å²) in [5.74, 6) is 0.788. The SMILES string of the molecule is CCOc1cc(CNCCCN2CCCCC2)ccc1O. The molecule has 4 heteroatoms. The Morgan fingerprint density at radius 1 is 1.24 bits per heavy atom. The van der Waals surface area contributed by atoms with Crippen molar-refractivity contribution < 1.29 is 9.84 Å². The van der Waals surface area contributed by atoms with Crippen molar-refractivity contribution in [3.05, 3.63) is 23.8 Å². The van der Waals surface area contributed by atoms with Crippen LogP contribution in [-0.4, -0.2) is 42.8 Å². The van der Waals surface area contributed by atoms with Crippen LogP contribution in [0, 0.1) is 0 Å². The molecule has 0 bridgehead atoms. The Hall–Kier alpha value is -1.26. The van der Waals surface area contributed by atoms with Crippen LogP contribution in [0.5, 0.6) is 11.5 Å². The number of hydrogen-bond acceptors (Lipinski definition) is 4. The molecule has 0 atom stereocenters. The van der Waals surface area contributed by atoms with Gasteiger partial charge in [-0.3, -0.25) is 0 Å². The number of ether oxygens (including phenoxy) is 1. The number of phenols is 1. The van der Waals surface area contributed by atoms with Gasteiger partial charge in [0.15, 0.2) is 11.5 Å². The summed E-state index contributed by atoms with van der Waals surface area (Å²) < 4.78 is 5.40. The predicted octanol–water partition coefficient (Wildman–Crippen LogP) is 2.76. The van der Waals surface area contributed by atoms with E-state index in [4.69, 9.17) is 4.74 Å². The lowest BCUT2D eigenvalue weighted by Crippen LogP contribution is -2.32. The van der Waals surface area contributed by atoms with E-state index in [-0.39, 0.29) is 5.75 Å². The predicted molar refractivity (Wildman–Crippen MR) is 85.9 cm³/mol. The third-order valence-electron chi connectivity index (χ3n) is 3.93. The summed E-state index contributed by atoms with van der Waals surface area (Å²) in [6.07, 6.45) is 5.32. The van der Waals surface area contributed by atoms with E-state index in [1.165, 1.54) is 45.3 Å². The Morgan fingerprint density at radius 2 is 2.05 bits per heavy atom. The van der Waals surface area contributed by atoms with Crippen molar-refractivity contribution >= 4 is 0 Å². The fourth-order valence-corrected chi connectivity index (χ4v) is 2.78. The molecular formula is C17H28N2O2. The molecule has 0 amide bonds. The average Bonchev–Trinajstić information content (AvgIpc) is 2.51. The first-order valence-corrected chi connectivity index (χ1v) is 8.17. The van der Waals surface area contributed by atoms with Crippen LogP contribution in [0.2, 0.25) is 0 Å². The highest BCUT2D eigenvalue weighted by Crippen LogP contribution is 2.26. The fourth-order valence-electron chi connectivity index (χ4n) is 2.78. The molecule has 1 aromatic rings. The number of rotatable bonds is 8. The molecule has 0 aliphatic carbocycles. The van der Waals surface area contributed by atoms with Crippen LogP contribution in [0.25, 0.3) is 0 Å². The molecule has 2 N–H and O–H groups in total. The van der Waals surface area contributed by atoms with Crippen molar-refractivity contribution in [2.45, 2.75) is 39.2 Å². The summed E-state index contributed by atoms with van der Waals surface area (Å²) in [5, 5.41) is 13.1. The van der Waals surface area contributed by atoms with Crippen LogP contribution in [-0.2, 0) is 6.54 Å². The molecule has 21 heavy (non-hydrogen) atoms. The third kappa shape index (κ3) is 5.56. The van der Waals surface area contributed by atoms with Crippen molar-refractivity contribution in [3.8, 4) is 11.5 Å².